The topological polar surface area (TPSA) is 20.9 Å². The minimum Gasteiger partial charge on any atom is -0.294 e. The first-order chi connectivity index (χ1) is 29.8. The molecule has 1 heterocycles. The molecule has 0 atom stereocenters. The van der Waals surface area contributed by atoms with E-state index in [-0.39, 0.29) is 5.78 Å². The van der Waals surface area contributed by atoms with Crippen LogP contribution in [-0.4, -0.2) is 11.9 Å². The number of aromatic nitrogens is 1. The normalized spacial score (nSPS) is 11.6. The first kappa shape index (κ1) is 48.6. The predicted octanol–water partition coefficient (Wildman–Crippen LogP) is 9.10. The molecule has 0 bridgehead atoms. The summed E-state index contributed by atoms with van der Waals surface area (Å²) in [7, 11) is 0. The molecule has 0 aliphatic rings. The van der Waals surface area contributed by atoms with Gasteiger partial charge in [0.1, 0.15) is 52.7 Å². The highest BCUT2D eigenvalue weighted by atomic mass is 19.2. The van der Waals surface area contributed by atoms with Gasteiger partial charge in [-0.25, -0.2) is 92.4 Å². The maximum absolute atomic E-state index is 15.4. The minimum atomic E-state index is -7.22. The third kappa shape index (κ3) is 8.03. The van der Waals surface area contributed by atoms with Crippen molar-refractivity contribution >= 4 is 33.8 Å². The Balaban J connectivity index is 0.000000337. The lowest BCUT2D eigenvalue weighted by atomic mass is 9.12. The number of nitrogens with zero attached hydrogens (tertiary/aromatic N) is 1. The molecule has 338 valence electrons. The first-order valence-corrected chi connectivity index (χ1v) is 17.6. The van der Waals surface area contributed by atoms with Crippen molar-refractivity contribution in [3.8, 4) is 0 Å². The van der Waals surface area contributed by atoms with E-state index in [2.05, 4.69) is 30.5 Å². The van der Waals surface area contributed by atoms with E-state index < -0.39 is 144 Å². The summed E-state index contributed by atoms with van der Waals surface area (Å²) in [6.07, 6.45) is -2.66. The summed E-state index contributed by atoms with van der Waals surface area (Å²) < 4.78 is 296. The molecule has 6 rings (SSSR count). The van der Waals surface area contributed by atoms with Crippen LogP contribution in [0.3, 0.4) is 0 Å². The molecule has 64 heavy (non-hydrogen) atoms. The van der Waals surface area contributed by atoms with Crippen LogP contribution < -0.4 is 26.4 Å². The average molecular weight is 933 g/mol. The molecule has 0 aliphatic heterocycles. The van der Waals surface area contributed by atoms with Gasteiger partial charge in [0.05, 0.1) is 0 Å². The van der Waals surface area contributed by atoms with E-state index in [0.717, 1.165) is 12.1 Å². The van der Waals surface area contributed by atoms with Crippen molar-refractivity contribution < 1.29 is 97.2 Å². The Kier molecular flexibility index (Phi) is 13.9. The van der Waals surface area contributed by atoms with Gasteiger partial charge in [0.25, 0.3) is 0 Å². The molecule has 6 aromatic rings. The van der Waals surface area contributed by atoms with E-state index in [0.29, 0.717) is 12.3 Å². The number of carbonyl (C=O) groups is 1. The molecule has 5 aromatic carbocycles. The molecule has 0 radical (unpaired) electrons. The van der Waals surface area contributed by atoms with E-state index in [1.54, 1.807) is 0 Å². The summed E-state index contributed by atoms with van der Waals surface area (Å²) in [5.74, 6) is -70.8. The Morgan fingerprint density at radius 2 is 0.656 bits per heavy atom. The van der Waals surface area contributed by atoms with Gasteiger partial charge in [-0.05, 0) is 5.92 Å². The summed E-state index contributed by atoms with van der Waals surface area (Å²) in [5.41, 5.74) is -12.3. The lowest BCUT2D eigenvalue weighted by molar-refractivity contribution is -0.688. The van der Waals surface area contributed by atoms with E-state index in [9.17, 15) is 57.5 Å². The zero-order valence-electron chi connectivity index (χ0n) is 31.7. The highest BCUT2D eigenvalue weighted by Gasteiger charge is 2.52. The van der Waals surface area contributed by atoms with Gasteiger partial charge < -0.3 is 0 Å². The van der Waals surface area contributed by atoms with E-state index >= 15 is 35.1 Å². The Morgan fingerprint density at radius 1 is 0.406 bits per heavy atom. The first-order valence-electron chi connectivity index (χ1n) is 17.6. The maximum Gasteiger partial charge on any atom is 0.200 e. The van der Waals surface area contributed by atoms with Gasteiger partial charge in [0.2, 0.25) is 0 Å². The van der Waals surface area contributed by atoms with E-state index in [1.807, 2.05) is 42.7 Å². The molecule has 23 heteroatoms. The standard InChI is InChI=1S/C24BF20.C17H20NO/c26-5-1(6(27)14(35)21(42)13(5)34)25(2-7(28)15(36)22(43)16(37)8(2)29,3-9(30)17(38)23(44)18(39)10(3)31)4-11(32)19(40)24(45)20(41)12(4)33;1-14(2)12-17(19)16-8-10-18(11-9-16)13-15-6-4-3-5-7-15/h;3-11,14H,12-13H2,1-2H3/q-1;+1. The second kappa shape index (κ2) is 18.4. The number of ketones is 1. The smallest absolute Gasteiger partial charge is 0.200 e. The van der Waals surface area contributed by atoms with Crippen LogP contribution in [0.5, 0.6) is 0 Å². The Bertz CT molecular complexity index is 2440. The number of pyridine rings is 1. The number of benzene rings is 5. The van der Waals surface area contributed by atoms with Crippen LogP contribution in [0.15, 0.2) is 54.9 Å². The Morgan fingerprint density at radius 3 is 0.906 bits per heavy atom. The highest BCUT2D eigenvalue weighted by Crippen LogP contribution is 2.31. The van der Waals surface area contributed by atoms with Crippen LogP contribution in [0.1, 0.15) is 36.2 Å². The Hall–Kier alpha value is -6.42. The lowest BCUT2D eigenvalue weighted by Gasteiger charge is -2.44. The zero-order chi connectivity index (χ0) is 48.0. The maximum atomic E-state index is 15.4. The third-order valence-electron chi connectivity index (χ3n) is 9.72. The number of hydrogen-bond acceptors (Lipinski definition) is 1. The fraction of sp³-hybridized carbons (Fsp3) is 0.122. The summed E-state index contributed by atoms with van der Waals surface area (Å²) in [5, 5.41) is 0. The molecule has 1 aromatic heterocycles. The van der Waals surface area contributed by atoms with Gasteiger partial charge in [0, 0.05) is 29.7 Å². The van der Waals surface area contributed by atoms with Gasteiger partial charge in [-0.1, -0.05) is 44.2 Å². The Labute approximate surface area is 345 Å². The van der Waals surface area contributed by atoms with Crippen LogP contribution in [0.2, 0.25) is 0 Å². The number of rotatable bonds is 9. The van der Waals surface area contributed by atoms with Crippen molar-refractivity contribution in [1.82, 2.24) is 0 Å². The fourth-order valence-corrected chi connectivity index (χ4v) is 6.91. The minimum absolute atomic E-state index is 0.224. The molecule has 0 fully saturated rings. The summed E-state index contributed by atoms with van der Waals surface area (Å²) in [4.78, 5) is 11.9. The van der Waals surface area contributed by atoms with Crippen molar-refractivity contribution in [2.24, 2.45) is 5.92 Å². The molecule has 0 spiro atoms. The quantitative estimate of drug-likeness (QED) is 0.0354. The van der Waals surface area contributed by atoms with Gasteiger partial charge >= 0.3 is 0 Å². The van der Waals surface area contributed by atoms with Gasteiger partial charge in [-0.2, -0.15) is 0 Å². The highest BCUT2D eigenvalue weighted by molar-refractivity contribution is 7.20. The van der Waals surface area contributed by atoms with Crippen molar-refractivity contribution in [2.75, 3.05) is 0 Å². The van der Waals surface area contributed by atoms with Crippen LogP contribution in [0.4, 0.5) is 87.8 Å². The summed E-state index contributed by atoms with van der Waals surface area (Å²) in [6.45, 7) is 4.96. The van der Waals surface area contributed by atoms with Crippen molar-refractivity contribution in [3.63, 3.8) is 0 Å². The molecule has 0 amide bonds. The molecule has 0 saturated carbocycles. The van der Waals surface area contributed by atoms with Gasteiger partial charge in [-0.15, -0.1) is 21.9 Å². The molecular weight excluding hydrogens is 913 g/mol. The molecule has 0 unspecified atom stereocenters. The van der Waals surface area contributed by atoms with Crippen LogP contribution in [0.25, 0.3) is 0 Å². The van der Waals surface area contributed by atoms with Crippen LogP contribution in [-0.2, 0) is 6.54 Å². The summed E-state index contributed by atoms with van der Waals surface area (Å²) >= 11 is 0. The number of Topliss-reactive ketones (excluding diaryl/α,β-unsaturated/α-hetero) is 1. The molecule has 0 aliphatic carbocycles. The van der Waals surface area contributed by atoms with Crippen LogP contribution in [0, 0.1) is 122 Å². The lowest BCUT2D eigenvalue weighted by Crippen LogP contribution is -2.81. The van der Waals surface area contributed by atoms with Crippen molar-refractivity contribution in [3.05, 3.63) is 182 Å². The zero-order valence-corrected chi connectivity index (χ0v) is 31.7. The predicted molar refractivity (Wildman–Crippen MR) is 185 cm³/mol. The molecule has 0 saturated heterocycles. The van der Waals surface area contributed by atoms with Gasteiger partial charge in [0.15, 0.2) is 94.5 Å². The fourth-order valence-electron chi connectivity index (χ4n) is 6.91. The number of hydrogen-bond donors (Lipinski definition) is 0. The van der Waals surface area contributed by atoms with Crippen LogP contribution >= 0.6 is 0 Å². The van der Waals surface area contributed by atoms with Crippen molar-refractivity contribution in [2.45, 2.75) is 26.8 Å². The van der Waals surface area contributed by atoms with E-state index in [1.165, 1.54) is 5.56 Å². The average Bonchev–Trinajstić information content (AvgIpc) is 3.26. The largest absolute Gasteiger partial charge is 0.294 e. The van der Waals surface area contributed by atoms with Gasteiger partial charge in [-0.3, -0.25) is 4.79 Å². The summed E-state index contributed by atoms with van der Waals surface area (Å²) in [6, 6.07) is 14.1. The second-order valence-corrected chi connectivity index (χ2v) is 14.1. The third-order valence-corrected chi connectivity index (χ3v) is 9.72. The molecule has 0 N–H and O–H groups in total. The second-order valence-electron chi connectivity index (χ2n) is 14.1. The van der Waals surface area contributed by atoms with E-state index in [4.69, 9.17) is 0 Å². The number of carbonyl (C=O) groups excluding carboxylic acids is 1. The monoisotopic (exact) mass is 933 g/mol. The number of halogens is 20. The molecule has 2 nitrogen and oxygen atoms in total. The molecular formula is C41H20BF20NO. The SMILES string of the molecule is CC(C)CC(=O)c1cc[n+](Cc2ccccc2)cc1.Fc1c(F)c(F)c([B-](c2c(F)c(F)c(F)c(F)c2F)(c2c(F)c(F)c(F)c(F)c2F)c2c(F)c(F)c(F)c(F)c2F)c(F)c1F. The van der Waals surface area contributed by atoms with Crippen molar-refractivity contribution in [1.29, 1.82) is 0 Å².